The summed E-state index contributed by atoms with van der Waals surface area (Å²) >= 11 is 0. The number of nitrogens with zero attached hydrogens (tertiary/aromatic N) is 1. The Morgan fingerprint density at radius 3 is 2.19 bits per heavy atom. The van der Waals surface area contributed by atoms with Crippen molar-refractivity contribution in [2.75, 3.05) is 20.2 Å². The van der Waals surface area contributed by atoms with Gasteiger partial charge in [-0.3, -0.25) is 0 Å². The average molecular weight is 227 g/mol. The molecular formula is C14H29NO. The molecule has 2 heteroatoms. The maximum Gasteiger partial charge on any atom is 0.0499 e. The molecule has 1 aliphatic rings. The summed E-state index contributed by atoms with van der Waals surface area (Å²) in [6.07, 6.45) is 6.27. The lowest BCUT2D eigenvalue weighted by Crippen LogP contribution is -2.41. The van der Waals surface area contributed by atoms with Gasteiger partial charge in [0.05, 0.1) is 0 Å². The van der Waals surface area contributed by atoms with Gasteiger partial charge in [-0.05, 0) is 39.2 Å². The zero-order chi connectivity index (χ0) is 12.2. The fourth-order valence-corrected chi connectivity index (χ4v) is 3.04. The number of hydrogen-bond acceptors (Lipinski definition) is 2. The average Bonchev–Trinajstić information content (AvgIpc) is 2.66. The van der Waals surface area contributed by atoms with Gasteiger partial charge in [-0.2, -0.15) is 0 Å². The number of aliphatic hydroxyl groups excluding tert-OH is 1. The number of aliphatic hydroxyl groups is 1. The summed E-state index contributed by atoms with van der Waals surface area (Å²) in [6, 6.07) is 0.629. The Hall–Kier alpha value is -0.0800. The number of rotatable bonds is 6. The Kier molecular flexibility index (Phi) is 5.26. The fraction of sp³-hybridized carbons (Fsp3) is 1.00. The molecule has 0 heterocycles. The Morgan fingerprint density at radius 2 is 1.75 bits per heavy atom. The molecule has 1 rings (SSSR count). The van der Waals surface area contributed by atoms with Gasteiger partial charge >= 0.3 is 0 Å². The van der Waals surface area contributed by atoms with Crippen molar-refractivity contribution < 1.29 is 5.11 Å². The van der Waals surface area contributed by atoms with Crippen molar-refractivity contribution in [1.82, 2.24) is 4.90 Å². The van der Waals surface area contributed by atoms with Crippen LogP contribution in [0.5, 0.6) is 0 Å². The molecule has 0 amide bonds. The zero-order valence-corrected chi connectivity index (χ0v) is 11.5. The normalized spacial score (nSPS) is 21.9. The van der Waals surface area contributed by atoms with E-state index < -0.39 is 0 Å². The maximum absolute atomic E-state index is 9.60. The molecule has 1 unspecified atom stereocenters. The molecule has 0 aromatic heterocycles. The summed E-state index contributed by atoms with van der Waals surface area (Å²) in [6.45, 7) is 8.30. The van der Waals surface area contributed by atoms with Crippen LogP contribution in [0.2, 0.25) is 0 Å². The highest BCUT2D eigenvalue weighted by Gasteiger charge is 2.34. The van der Waals surface area contributed by atoms with Crippen LogP contribution in [0.1, 0.15) is 52.9 Å². The van der Waals surface area contributed by atoms with Crippen LogP contribution < -0.4 is 0 Å². The van der Waals surface area contributed by atoms with E-state index in [1.807, 2.05) is 0 Å². The SMILES string of the molecule is CC(C)CC(C)N(C)CC1(CO)CCCC1. The van der Waals surface area contributed by atoms with E-state index in [2.05, 4.69) is 32.7 Å². The van der Waals surface area contributed by atoms with Gasteiger partial charge in [0.15, 0.2) is 0 Å². The lowest BCUT2D eigenvalue weighted by atomic mass is 9.86. The minimum atomic E-state index is 0.208. The molecule has 1 N–H and O–H groups in total. The Balaban J connectivity index is 2.45. The third-order valence-electron chi connectivity index (χ3n) is 4.15. The molecule has 0 saturated heterocycles. The van der Waals surface area contributed by atoms with Crippen molar-refractivity contribution in [3.05, 3.63) is 0 Å². The fourth-order valence-electron chi connectivity index (χ4n) is 3.04. The first-order valence-electron chi connectivity index (χ1n) is 6.80. The molecular weight excluding hydrogens is 198 g/mol. The lowest BCUT2D eigenvalue weighted by molar-refractivity contribution is 0.0705. The molecule has 0 aromatic carbocycles. The van der Waals surface area contributed by atoms with Crippen LogP contribution in [0.3, 0.4) is 0 Å². The van der Waals surface area contributed by atoms with Crippen LogP contribution in [0, 0.1) is 11.3 Å². The second-order valence-electron chi connectivity index (χ2n) is 6.26. The second kappa shape index (κ2) is 6.02. The van der Waals surface area contributed by atoms with Crippen LogP contribution in [0.15, 0.2) is 0 Å². The quantitative estimate of drug-likeness (QED) is 0.754. The van der Waals surface area contributed by atoms with Crippen LogP contribution in [0.25, 0.3) is 0 Å². The topological polar surface area (TPSA) is 23.5 Å². The molecule has 1 saturated carbocycles. The largest absolute Gasteiger partial charge is 0.396 e. The molecule has 1 fully saturated rings. The van der Waals surface area contributed by atoms with Gasteiger partial charge in [-0.1, -0.05) is 26.7 Å². The highest BCUT2D eigenvalue weighted by Crippen LogP contribution is 2.38. The molecule has 0 radical (unpaired) electrons. The highest BCUT2D eigenvalue weighted by atomic mass is 16.3. The van der Waals surface area contributed by atoms with E-state index in [4.69, 9.17) is 0 Å². The smallest absolute Gasteiger partial charge is 0.0499 e. The summed E-state index contributed by atoms with van der Waals surface area (Å²) in [5, 5.41) is 9.60. The van der Waals surface area contributed by atoms with Gasteiger partial charge in [0.2, 0.25) is 0 Å². The van der Waals surface area contributed by atoms with Crippen LogP contribution in [0.4, 0.5) is 0 Å². The van der Waals surface area contributed by atoms with Crippen LogP contribution >= 0.6 is 0 Å². The van der Waals surface area contributed by atoms with Gasteiger partial charge in [-0.15, -0.1) is 0 Å². The standard InChI is InChI=1S/C14H29NO/c1-12(2)9-13(3)15(4)10-14(11-16)7-5-6-8-14/h12-13,16H,5-11H2,1-4H3. The molecule has 1 aliphatic carbocycles. The predicted octanol–water partition coefficient (Wildman–Crippen LogP) is 2.91. The third-order valence-corrected chi connectivity index (χ3v) is 4.15. The minimum absolute atomic E-state index is 0.208. The molecule has 0 bridgehead atoms. The van der Waals surface area contributed by atoms with Crippen LogP contribution in [-0.4, -0.2) is 36.2 Å². The Morgan fingerprint density at radius 1 is 1.19 bits per heavy atom. The van der Waals surface area contributed by atoms with Gasteiger partial charge in [0.25, 0.3) is 0 Å². The van der Waals surface area contributed by atoms with Crippen LogP contribution in [-0.2, 0) is 0 Å². The second-order valence-corrected chi connectivity index (χ2v) is 6.26. The van der Waals surface area contributed by atoms with E-state index in [-0.39, 0.29) is 5.41 Å². The first-order chi connectivity index (χ1) is 7.49. The maximum atomic E-state index is 9.60. The number of hydrogen-bond donors (Lipinski definition) is 1. The van der Waals surface area contributed by atoms with E-state index in [0.717, 1.165) is 12.5 Å². The zero-order valence-electron chi connectivity index (χ0n) is 11.5. The Labute approximate surface area is 101 Å². The van der Waals surface area contributed by atoms with Crippen molar-refractivity contribution in [2.24, 2.45) is 11.3 Å². The van der Waals surface area contributed by atoms with Crippen molar-refractivity contribution in [1.29, 1.82) is 0 Å². The van der Waals surface area contributed by atoms with E-state index >= 15 is 0 Å². The van der Waals surface area contributed by atoms with Gasteiger partial charge in [0, 0.05) is 24.6 Å². The molecule has 0 aromatic rings. The highest BCUT2D eigenvalue weighted by molar-refractivity contribution is 4.87. The van der Waals surface area contributed by atoms with Gasteiger partial charge in [-0.25, -0.2) is 0 Å². The minimum Gasteiger partial charge on any atom is -0.396 e. The predicted molar refractivity (Wildman–Crippen MR) is 69.5 cm³/mol. The monoisotopic (exact) mass is 227 g/mol. The summed E-state index contributed by atoms with van der Waals surface area (Å²) in [7, 11) is 2.21. The molecule has 1 atom stereocenters. The molecule has 2 nitrogen and oxygen atoms in total. The van der Waals surface area contributed by atoms with E-state index in [1.54, 1.807) is 0 Å². The third kappa shape index (κ3) is 3.74. The summed E-state index contributed by atoms with van der Waals surface area (Å²) in [5.41, 5.74) is 0.208. The van der Waals surface area contributed by atoms with Gasteiger partial charge < -0.3 is 10.0 Å². The first kappa shape index (κ1) is 14.0. The molecule has 0 spiro atoms. The molecule has 0 aliphatic heterocycles. The van der Waals surface area contributed by atoms with Crippen molar-refractivity contribution in [2.45, 2.75) is 58.9 Å². The summed E-state index contributed by atoms with van der Waals surface area (Å²) < 4.78 is 0. The van der Waals surface area contributed by atoms with E-state index in [0.29, 0.717) is 12.6 Å². The molecule has 16 heavy (non-hydrogen) atoms. The summed E-state index contributed by atoms with van der Waals surface area (Å²) in [5.74, 6) is 0.756. The Bertz CT molecular complexity index is 197. The molecule has 96 valence electrons. The van der Waals surface area contributed by atoms with Crippen molar-refractivity contribution >= 4 is 0 Å². The lowest BCUT2D eigenvalue weighted by Gasteiger charge is -2.35. The van der Waals surface area contributed by atoms with Crippen molar-refractivity contribution in [3.63, 3.8) is 0 Å². The first-order valence-corrected chi connectivity index (χ1v) is 6.80. The van der Waals surface area contributed by atoms with E-state index in [1.165, 1.54) is 32.1 Å². The van der Waals surface area contributed by atoms with E-state index in [9.17, 15) is 5.11 Å². The van der Waals surface area contributed by atoms with Gasteiger partial charge in [0.1, 0.15) is 0 Å². The van der Waals surface area contributed by atoms with Crippen molar-refractivity contribution in [3.8, 4) is 0 Å². The summed E-state index contributed by atoms with van der Waals surface area (Å²) in [4.78, 5) is 2.45.